The molecule has 2 amide bonds. The van der Waals surface area contributed by atoms with Crippen LogP contribution < -0.4 is 10.1 Å². The fourth-order valence-corrected chi connectivity index (χ4v) is 2.64. The standard InChI is InChI=1S/C17H26N2O2/c1-12-7-9-19(10-8-12)17(20)18-11-21-16-14(3)6-5-13(2)15(16)4/h5-6,12H,7-11H2,1-4H3,(H,18,20). The second-order valence-corrected chi connectivity index (χ2v) is 6.09. The van der Waals surface area contributed by atoms with Gasteiger partial charge in [-0.1, -0.05) is 19.1 Å². The maximum Gasteiger partial charge on any atom is 0.320 e. The Kier molecular flexibility index (Phi) is 5.10. The van der Waals surface area contributed by atoms with E-state index in [1.54, 1.807) is 0 Å². The lowest BCUT2D eigenvalue weighted by molar-refractivity contribution is 0.163. The van der Waals surface area contributed by atoms with Crippen LogP contribution in [-0.4, -0.2) is 30.8 Å². The summed E-state index contributed by atoms with van der Waals surface area (Å²) >= 11 is 0. The van der Waals surface area contributed by atoms with Crippen molar-refractivity contribution in [1.82, 2.24) is 10.2 Å². The Labute approximate surface area is 127 Å². The van der Waals surface area contributed by atoms with Gasteiger partial charge in [-0.05, 0) is 56.2 Å². The molecule has 21 heavy (non-hydrogen) atoms. The molecule has 0 unspecified atom stereocenters. The first-order valence-electron chi connectivity index (χ1n) is 7.71. The Morgan fingerprint density at radius 1 is 1.24 bits per heavy atom. The monoisotopic (exact) mass is 290 g/mol. The van der Waals surface area contributed by atoms with Crippen molar-refractivity contribution in [2.45, 2.75) is 40.5 Å². The summed E-state index contributed by atoms with van der Waals surface area (Å²) in [5, 5.41) is 2.85. The third kappa shape index (κ3) is 3.90. The van der Waals surface area contributed by atoms with Crippen molar-refractivity contribution in [1.29, 1.82) is 0 Å². The number of amides is 2. The zero-order valence-electron chi connectivity index (χ0n) is 13.5. The number of aryl methyl sites for hydroxylation is 2. The molecule has 0 aliphatic carbocycles. The topological polar surface area (TPSA) is 41.6 Å². The minimum atomic E-state index is -0.0233. The van der Waals surface area contributed by atoms with E-state index in [1.807, 2.05) is 24.8 Å². The predicted molar refractivity (Wildman–Crippen MR) is 84.7 cm³/mol. The van der Waals surface area contributed by atoms with Gasteiger partial charge >= 0.3 is 6.03 Å². The summed E-state index contributed by atoms with van der Waals surface area (Å²) in [5.74, 6) is 1.60. The minimum Gasteiger partial charge on any atom is -0.473 e. The summed E-state index contributed by atoms with van der Waals surface area (Å²) in [6.07, 6.45) is 2.18. The van der Waals surface area contributed by atoms with Crippen molar-refractivity contribution in [3.05, 3.63) is 28.8 Å². The lowest BCUT2D eigenvalue weighted by Crippen LogP contribution is -2.45. The minimum absolute atomic E-state index is 0.0233. The molecule has 0 radical (unpaired) electrons. The molecule has 1 fully saturated rings. The number of urea groups is 1. The van der Waals surface area contributed by atoms with Crippen molar-refractivity contribution >= 4 is 6.03 Å². The molecule has 1 aliphatic rings. The molecule has 0 aromatic heterocycles. The van der Waals surface area contributed by atoms with Crippen LogP contribution in [0.1, 0.15) is 36.5 Å². The van der Waals surface area contributed by atoms with Crippen LogP contribution in [0.25, 0.3) is 0 Å². The number of hydrogen-bond acceptors (Lipinski definition) is 2. The number of hydrogen-bond donors (Lipinski definition) is 1. The molecule has 0 bridgehead atoms. The molecule has 0 atom stereocenters. The van der Waals surface area contributed by atoms with E-state index in [9.17, 15) is 4.79 Å². The second-order valence-electron chi connectivity index (χ2n) is 6.09. The fraction of sp³-hybridized carbons (Fsp3) is 0.588. The van der Waals surface area contributed by atoms with Gasteiger partial charge in [-0.15, -0.1) is 0 Å². The number of piperidine rings is 1. The van der Waals surface area contributed by atoms with Crippen molar-refractivity contribution < 1.29 is 9.53 Å². The summed E-state index contributed by atoms with van der Waals surface area (Å²) < 4.78 is 5.77. The molecule has 1 aromatic rings. The van der Waals surface area contributed by atoms with Crippen LogP contribution in [0.5, 0.6) is 5.75 Å². The first kappa shape index (κ1) is 15.7. The van der Waals surface area contributed by atoms with E-state index in [2.05, 4.69) is 25.2 Å². The third-order valence-electron chi connectivity index (χ3n) is 4.38. The molecular formula is C17H26N2O2. The van der Waals surface area contributed by atoms with E-state index in [4.69, 9.17) is 4.74 Å². The lowest BCUT2D eigenvalue weighted by Gasteiger charge is -2.30. The second kappa shape index (κ2) is 6.83. The van der Waals surface area contributed by atoms with Gasteiger partial charge in [0.15, 0.2) is 6.73 Å². The molecule has 1 aromatic carbocycles. The molecular weight excluding hydrogens is 264 g/mol. The number of nitrogens with one attached hydrogen (secondary N) is 1. The van der Waals surface area contributed by atoms with Crippen molar-refractivity contribution in [2.75, 3.05) is 19.8 Å². The number of ether oxygens (including phenoxy) is 1. The van der Waals surface area contributed by atoms with Gasteiger partial charge in [0.1, 0.15) is 5.75 Å². The summed E-state index contributed by atoms with van der Waals surface area (Å²) in [4.78, 5) is 13.9. The molecule has 4 nitrogen and oxygen atoms in total. The van der Waals surface area contributed by atoms with Gasteiger partial charge in [0.25, 0.3) is 0 Å². The van der Waals surface area contributed by atoms with Gasteiger partial charge in [-0.25, -0.2) is 4.79 Å². The molecule has 2 rings (SSSR count). The van der Waals surface area contributed by atoms with Gasteiger partial charge in [-0.2, -0.15) is 0 Å². The predicted octanol–water partition coefficient (Wildman–Crippen LogP) is 3.39. The van der Waals surface area contributed by atoms with Crippen molar-refractivity contribution in [3.63, 3.8) is 0 Å². The van der Waals surface area contributed by atoms with Crippen LogP contribution in [0, 0.1) is 26.7 Å². The summed E-state index contributed by atoms with van der Waals surface area (Å²) in [6, 6.07) is 4.11. The quantitative estimate of drug-likeness (QED) is 0.867. The summed E-state index contributed by atoms with van der Waals surface area (Å²) in [7, 11) is 0. The van der Waals surface area contributed by atoms with Gasteiger partial charge in [-0.3, -0.25) is 0 Å². The summed E-state index contributed by atoms with van der Waals surface area (Å²) in [5.41, 5.74) is 3.43. The van der Waals surface area contributed by atoms with Crippen molar-refractivity contribution in [2.24, 2.45) is 5.92 Å². The highest BCUT2D eigenvalue weighted by Crippen LogP contribution is 2.25. The first-order chi connectivity index (χ1) is 9.99. The highest BCUT2D eigenvalue weighted by Gasteiger charge is 2.19. The number of carbonyl (C=O) groups is 1. The Morgan fingerprint density at radius 2 is 1.86 bits per heavy atom. The number of rotatable bonds is 3. The zero-order valence-corrected chi connectivity index (χ0v) is 13.5. The maximum absolute atomic E-state index is 12.1. The smallest absolute Gasteiger partial charge is 0.320 e. The number of likely N-dealkylation sites (tertiary alicyclic amines) is 1. The Bertz CT molecular complexity index is 506. The average Bonchev–Trinajstić information content (AvgIpc) is 2.47. The number of benzene rings is 1. The summed E-state index contributed by atoms with van der Waals surface area (Å²) in [6.45, 7) is 10.3. The van der Waals surface area contributed by atoms with Crippen LogP contribution >= 0.6 is 0 Å². The Morgan fingerprint density at radius 3 is 2.52 bits per heavy atom. The molecule has 116 valence electrons. The Balaban J connectivity index is 1.84. The largest absolute Gasteiger partial charge is 0.473 e. The number of nitrogens with zero attached hydrogens (tertiary/aromatic N) is 1. The van der Waals surface area contributed by atoms with Crippen LogP contribution in [0.15, 0.2) is 12.1 Å². The van der Waals surface area contributed by atoms with Gasteiger partial charge in [0.05, 0.1) is 0 Å². The molecule has 0 saturated carbocycles. The highest BCUT2D eigenvalue weighted by molar-refractivity contribution is 5.74. The average molecular weight is 290 g/mol. The van der Waals surface area contributed by atoms with Crippen LogP contribution in [0.4, 0.5) is 4.79 Å². The van der Waals surface area contributed by atoms with Crippen LogP contribution in [0.3, 0.4) is 0 Å². The first-order valence-corrected chi connectivity index (χ1v) is 7.71. The molecule has 1 aliphatic heterocycles. The molecule has 4 heteroatoms. The van der Waals surface area contributed by atoms with Crippen LogP contribution in [-0.2, 0) is 0 Å². The van der Waals surface area contributed by atoms with Crippen LogP contribution in [0.2, 0.25) is 0 Å². The fourth-order valence-electron chi connectivity index (χ4n) is 2.64. The Hall–Kier alpha value is -1.71. The number of carbonyl (C=O) groups excluding carboxylic acids is 1. The molecule has 1 saturated heterocycles. The lowest BCUT2D eigenvalue weighted by atomic mass is 10.00. The van der Waals surface area contributed by atoms with Gasteiger partial charge < -0.3 is 15.0 Å². The SMILES string of the molecule is Cc1ccc(C)c(OCNC(=O)N2CCC(C)CC2)c1C. The van der Waals surface area contributed by atoms with E-state index in [1.165, 1.54) is 5.56 Å². The molecule has 1 heterocycles. The van der Waals surface area contributed by atoms with E-state index in [0.29, 0.717) is 0 Å². The highest BCUT2D eigenvalue weighted by atomic mass is 16.5. The third-order valence-corrected chi connectivity index (χ3v) is 4.38. The molecule has 0 spiro atoms. The van der Waals surface area contributed by atoms with Gasteiger partial charge in [0.2, 0.25) is 0 Å². The zero-order chi connectivity index (χ0) is 15.4. The van der Waals surface area contributed by atoms with E-state index >= 15 is 0 Å². The van der Waals surface area contributed by atoms with E-state index in [0.717, 1.165) is 48.7 Å². The van der Waals surface area contributed by atoms with Gasteiger partial charge in [0, 0.05) is 13.1 Å². The van der Waals surface area contributed by atoms with Crippen molar-refractivity contribution in [3.8, 4) is 5.75 Å². The van der Waals surface area contributed by atoms with E-state index in [-0.39, 0.29) is 12.8 Å². The molecule has 1 N–H and O–H groups in total. The van der Waals surface area contributed by atoms with E-state index < -0.39 is 0 Å². The normalized spacial score (nSPS) is 15.9. The maximum atomic E-state index is 12.1.